The van der Waals surface area contributed by atoms with Crippen LogP contribution in [0.25, 0.3) is 0 Å². The Balaban J connectivity index is 0.000000221. The van der Waals surface area contributed by atoms with Crippen molar-refractivity contribution >= 4 is 11.9 Å². The van der Waals surface area contributed by atoms with Gasteiger partial charge < -0.3 is 28.4 Å². The quantitative estimate of drug-likeness (QED) is 0.0676. The van der Waals surface area contributed by atoms with Gasteiger partial charge >= 0.3 is 11.9 Å². The summed E-state index contributed by atoms with van der Waals surface area (Å²) in [6.45, 7) is 15.7. The Morgan fingerprint density at radius 1 is 0.615 bits per heavy atom. The van der Waals surface area contributed by atoms with Gasteiger partial charge in [0.15, 0.2) is 12.2 Å². The molecule has 0 radical (unpaired) electrons. The number of unbranched alkanes of at least 4 members (excludes halogenated alkanes) is 2. The lowest BCUT2D eigenvalue weighted by atomic mass is 9.82. The number of fused-ring (bicyclic) bond motifs is 5. The van der Waals surface area contributed by atoms with Crippen molar-refractivity contribution in [2.45, 2.75) is 90.3 Å². The van der Waals surface area contributed by atoms with Crippen molar-refractivity contribution in [3.05, 3.63) is 97.1 Å². The maximum Gasteiger partial charge on any atom is 0.330 e. The average molecular weight is 721 g/mol. The van der Waals surface area contributed by atoms with Gasteiger partial charge in [-0.15, -0.1) is 0 Å². The van der Waals surface area contributed by atoms with E-state index < -0.39 is 24.1 Å². The number of benzene rings is 2. The molecule has 0 N–H and O–H groups in total. The van der Waals surface area contributed by atoms with Crippen LogP contribution in [-0.2, 0) is 38.0 Å². The van der Waals surface area contributed by atoms with Crippen LogP contribution in [-0.4, -0.2) is 64.8 Å². The summed E-state index contributed by atoms with van der Waals surface area (Å²) in [5.41, 5.74) is 1.84. The molecule has 0 heterocycles. The van der Waals surface area contributed by atoms with E-state index in [4.69, 9.17) is 28.4 Å². The molecule has 6 atom stereocenters. The molecule has 3 fully saturated rings. The zero-order valence-electron chi connectivity index (χ0n) is 31.8. The lowest BCUT2D eigenvalue weighted by Gasteiger charge is -2.23. The summed E-state index contributed by atoms with van der Waals surface area (Å²) < 4.78 is 32.4. The predicted molar refractivity (Wildman–Crippen MR) is 206 cm³/mol. The van der Waals surface area contributed by atoms with Crippen LogP contribution in [0.2, 0.25) is 0 Å². The topological polar surface area (TPSA) is 89.5 Å². The first-order chi connectivity index (χ1) is 25.5. The summed E-state index contributed by atoms with van der Waals surface area (Å²) in [4.78, 5) is 22.8. The Kier molecular flexibility index (Phi) is 21.9. The number of rotatable bonds is 22. The summed E-state index contributed by atoms with van der Waals surface area (Å²) in [5, 5.41) is 0. The monoisotopic (exact) mass is 720 g/mol. The van der Waals surface area contributed by atoms with E-state index in [2.05, 4.69) is 13.2 Å². The van der Waals surface area contributed by atoms with Crippen molar-refractivity contribution in [3.63, 3.8) is 0 Å². The standard InChI is InChI=1S/2C17H24O4.C10H16/c2*1-3-17(18)21-16(15-10-6-5-7-11-15)14-20-13-9-8-12-19-4-2;1-2-9-7-4-5-8(6-7)10(9)3-1/h2*3,5-7,10-11,16H,1,4,8-9,12-14H2,2H3;7-10H,1-6H2. The van der Waals surface area contributed by atoms with E-state index in [0.29, 0.717) is 26.4 Å². The molecule has 3 saturated carbocycles. The minimum Gasteiger partial charge on any atom is -0.452 e. The van der Waals surface area contributed by atoms with E-state index in [9.17, 15) is 9.59 Å². The second-order valence-corrected chi connectivity index (χ2v) is 13.6. The average Bonchev–Trinajstić information content (AvgIpc) is 3.95. The van der Waals surface area contributed by atoms with Crippen molar-refractivity contribution < 1.29 is 38.0 Å². The van der Waals surface area contributed by atoms with Gasteiger partial charge in [-0.3, -0.25) is 0 Å². The van der Waals surface area contributed by atoms with E-state index in [-0.39, 0.29) is 0 Å². The molecule has 288 valence electrons. The molecule has 0 saturated heterocycles. The number of hydrogen-bond acceptors (Lipinski definition) is 8. The van der Waals surface area contributed by atoms with Gasteiger partial charge in [-0.25, -0.2) is 9.59 Å². The fraction of sp³-hybridized carbons (Fsp3) is 0.591. The summed E-state index contributed by atoms with van der Waals surface area (Å²) in [7, 11) is 0. The highest BCUT2D eigenvalue weighted by atomic mass is 16.6. The van der Waals surface area contributed by atoms with E-state index in [0.717, 1.165) is 75.4 Å². The summed E-state index contributed by atoms with van der Waals surface area (Å²) >= 11 is 0. The SMILES string of the molecule is C1CC2C3CCC(C3)C2C1.C=CC(=O)OC(COCCCCOCC)c1ccccc1.C=CC(=O)OC(COCCCCOCC)c1ccccc1. The lowest BCUT2D eigenvalue weighted by Crippen LogP contribution is -2.15. The van der Waals surface area contributed by atoms with Crippen LogP contribution >= 0.6 is 0 Å². The van der Waals surface area contributed by atoms with E-state index in [1.54, 1.807) is 38.5 Å². The zero-order chi connectivity index (χ0) is 37.2. The molecule has 0 aromatic heterocycles. The van der Waals surface area contributed by atoms with Gasteiger partial charge in [-0.2, -0.15) is 0 Å². The molecular weight excluding hydrogens is 656 g/mol. The number of hydrogen-bond donors (Lipinski definition) is 0. The maximum atomic E-state index is 11.4. The normalized spacial score (nSPS) is 20.7. The van der Waals surface area contributed by atoms with Crippen molar-refractivity contribution in [1.82, 2.24) is 0 Å². The van der Waals surface area contributed by atoms with Gasteiger partial charge in [0.1, 0.15) is 0 Å². The van der Waals surface area contributed by atoms with Crippen LogP contribution in [0.1, 0.15) is 101 Å². The fourth-order valence-electron chi connectivity index (χ4n) is 7.61. The molecule has 2 aromatic carbocycles. The van der Waals surface area contributed by atoms with Crippen molar-refractivity contribution in [2.24, 2.45) is 23.7 Å². The highest BCUT2D eigenvalue weighted by Crippen LogP contribution is 2.58. The van der Waals surface area contributed by atoms with Gasteiger partial charge in [0.25, 0.3) is 0 Å². The minimum absolute atomic E-state index is 0.345. The molecule has 6 unspecified atom stereocenters. The van der Waals surface area contributed by atoms with Gasteiger partial charge in [0.05, 0.1) is 13.2 Å². The Morgan fingerprint density at radius 3 is 1.37 bits per heavy atom. The number of carbonyl (C=O) groups excluding carboxylic acids is 2. The molecule has 8 heteroatoms. The van der Waals surface area contributed by atoms with Crippen LogP contribution < -0.4 is 0 Å². The van der Waals surface area contributed by atoms with Gasteiger partial charge in [0, 0.05) is 51.8 Å². The van der Waals surface area contributed by atoms with Gasteiger partial charge in [-0.1, -0.05) is 80.2 Å². The highest BCUT2D eigenvalue weighted by molar-refractivity contribution is 5.81. The van der Waals surface area contributed by atoms with Crippen molar-refractivity contribution in [3.8, 4) is 0 Å². The molecule has 5 rings (SSSR count). The number of ether oxygens (including phenoxy) is 6. The Morgan fingerprint density at radius 2 is 1.00 bits per heavy atom. The first-order valence-corrected chi connectivity index (χ1v) is 19.6. The lowest BCUT2D eigenvalue weighted by molar-refractivity contribution is -0.147. The first kappa shape index (κ1) is 43.1. The van der Waals surface area contributed by atoms with Crippen LogP contribution in [0.5, 0.6) is 0 Å². The smallest absolute Gasteiger partial charge is 0.330 e. The third-order valence-electron chi connectivity index (χ3n) is 10.1. The fourth-order valence-corrected chi connectivity index (χ4v) is 7.61. The van der Waals surface area contributed by atoms with Crippen molar-refractivity contribution in [1.29, 1.82) is 0 Å². The molecule has 0 spiro atoms. The largest absolute Gasteiger partial charge is 0.452 e. The van der Waals surface area contributed by atoms with Crippen LogP contribution in [0.15, 0.2) is 86.0 Å². The maximum absolute atomic E-state index is 11.4. The highest BCUT2D eigenvalue weighted by Gasteiger charge is 2.48. The second kappa shape index (κ2) is 26.5. The molecule has 0 amide bonds. The Bertz CT molecular complexity index is 1160. The summed E-state index contributed by atoms with van der Waals surface area (Å²) in [6.07, 6.45) is 14.9. The molecule has 2 bridgehead atoms. The number of carbonyl (C=O) groups is 2. The molecule has 0 aliphatic heterocycles. The second-order valence-electron chi connectivity index (χ2n) is 13.6. The van der Waals surface area contributed by atoms with Crippen LogP contribution in [0.4, 0.5) is 0 Å². The minimum atomic E-state index is -0.441. The molecule has 3 aliphatic rings. The van der Waals surface area contributed by atoms with E-state index in [1.807, 2.05) is 74.5 Å². The molecule has 8 nitrogen and oxygen atoms in total. The molecular formula is C44H64O8. The Labute approximate surface area is 313 Å². The summed E-state index contributed by atoms with van der Waals surface area (Å²) in [5.74, 6) is 3.92. The molecule has 52 heavy (non-hydrogen) atoms. The van der Waals surface area contributed by atoms with Gasteiger partial charge in [0.2, 0.25) is 0 Å². The third-order valence-corrected chi connectivity index (χ3v) is 10.1. The van der Waals surface area contributed by atoms with E-state index in [1.165, 1.54) is 23.7 Å². The van der Waals surface area contributed by atoms with Crippen LogP contribution in [0, 0.1) is 23.7 Å². The van der Waals surface area contributed by atoms with Gasteiger partial charge in [-0.05, 0) is 106 Å². The predicted octanol–water partition coefficient (Wildman–Crippen LogP) is 9.41. The molecule has 3 aliphatic carbocycles. The summed E-state index contributed by atoms with van der Waals surface area (Å²) in [6, 6.07) is 19.1. The molecule has 2 aromatic rings. The Hall–Kier alpha value is -3.30. The third kappa shape index (κ3) is 16.2. The number of esters is 2. The zero-order valence-corrected chi connectivity index (χ0v) is 31.8. The van der Waals surface area contributed by atoms with Crippen molar-refractivity contribution in [2.75, 3.05) is 52.9 Å². The van der Waals surface area contributed by atoms with Crippen LogP contribution in [0.3, 0.4) is 0 Å². The van der Waals surface area contributed by atoms with E-state index >= 15 is 0 Å². The first-order valence-electron chi connectivity index (χ1n) is 19.6.